The molecule has 0 aliphatic rings. The van der Waals surface area contributed by atoms with Crippen LogP contribution in [-0.4, -0.2) is 23.9 Å². The van der Waals surface area contributed by atoms with Crippen molar-refractivity contribution in [3.05, 3.63) is 64.1 Å². The van der Waals surface area contributed by atoms with Gasteiger partial charge < -0.3 is 15.6 Å². The van der Waals surface area contributed by atoms with Crippen molar-refractivity contribution in [1.29, 1.82) is 0 Å². The van der Waals surface area contributed by atoms with E-state index < -0.39 is 6.10 Å². The Hall–Kier alpha value is -1.36. The number of halogens is 1. The van der Waals surface area contributed by atoms with Crippen LogP contribution in [0.15, 0.2) is 53.0 Å². The van der Waals surface area contributed by atoms with Crippen molar-refractivity contribution in [2.45, 2.75) is 25.5 Å². The van der Waals surface area contributed by atoms with Crippen molar-refractivity contribution in [2.75, 3.05) is 6.61 Å². The van der Waals surface area contributed by atoms with Crippen LogP contribution in [0.2, 0.25) is 0 Å². The first-order chi connectivity index (χ1) is 10.1. The third-order valence-electron chi connectivity index (χ3n) is 3.31. The van der Waals surface area contributed by atoms with Gasteiger partial charge in [0.2, 0.25) is 0 Å². The maximum absolute atomic E-state index is 10.1. The Kier molecular flexibility index (Phi) is 5.79. The van der Waals surface area contributed by atoms with Crippen LogP contribution in [-0.2, 0) is 6.42 Å². The Balaban J connectivity index is 1.87. The molecule has 2 unspecified atom stereocenters. The Bertz CT molecular complexity index is 574. The Morgan fingerprint density at radius 1 is 1.19 bits per heavy atom. The number of nitrogens with two attached hydrogens (primary N) is 1. The molecule has 0 heterocycles. The van der Waals surface area contributed by atoms with E-state index in [9.17, 15) is 5.11 Å². The number of hydrogen-bond acceptors (Lipinski definition) is 3. The summed E-state index contributed by atoms with van der Waals surface area (Å²) in [7, 11) is 0. The summed E-state index contributed by atoms with van der Waals surface area (Å²) in [5.41, 5.74) is 8.29. The molecule has 0 aromatic heterocycles. The molecule has 0 radical (unpaired) electrons. The number of aliphatic hydroxyl groups excluding tert-OH is 1. The maximum atomic E-state index is 10.1. The molecular formula is C17H20BrNO2. The third-order valence-corrected chi connectivity index (χ3v) is 3.93. The summed E-state index contributed by atoms with van der Waals surface area (Å²) >= 11 is 3.45. The summed E-state index contributed by atoms with van der Waals surface area (Å²) in [6.45, 7) is 2.19. The quantitative estimate of drug-likeness (QED) is 0.842. The molecule has 0 aliphatic carbocycles. The summed E-state index contributed by atoms with van der Waals surface area (Å²) in [5, 5.41) is 10.1. The van der Waals surface area contributed by atoms with Gasteiger partial charge in [-0.2, -0.15) is 0 Å². The molecule has 0 saturated heterocycles. The first-order valence-electron chi connectivity index (χ1n) is 6.93. The van der Waals surface area contributed by atoms with E-state index in [1.165, 1.54) is 0 Å². The molecule has 0 bridgehead atoms. The zero-order valence-corrected chi connectivity index (χ0v) is 13.6. The van der Waals surface area contributed by atoms with Gasteiger partial charge in [0, 0.05) is 6.04 Å². The van der Waals surface area contributed by atoms with Crippen LogP contribution in [0.4, 0.5) is 0 Å². The van der Waals surface area contributed by atoms with Gasteiger partial charge in [-0.05, 0) is 52.5 Å². The normalized spacial score (nSPS) is 13.7. The third kappa shape index (κ3) is 4.84. The first-order valence-corrected chi connectivity index (χ1v) is 7.72. The van der Waals surface area contributed by atoms with Crippen LogP contribution in [0.1, 0.15) is 11.1 Å². The fraction of sp³-hybridized carbons (Fsp3) is 0.294. The van der Waals surface area contributed by atoms with Gasteiger partial charge in [0.1, 0.15) is 18.5 Å². The molecule has 4 heteroatoms. The summed E-state index contributed by atoms with van der Waals surface area (Å²) in [6.07, 6.45) is -0.0844. The summed E-state index contributed by atoms with van der Waals surface area (Å²) in [4.78, 5) is 0. The van der Waals surface area contributed by atoms with E-state index >= 15 is 0 Å². The highest BCUT2D eigenvalue weighted by atomic mass is 79.9. The molecule has 2 atom stereocenters. The predicted molar refractivity (Wildman–Crippen MR) is 88.5 cm³/mol. The Morgan fingerprint density at radius 3 is 2.57 bits per heavy atom. The second-order valence-electron chi connectivity index (χ2n) is 5.17. The lowest BCUT2D eigenvalue weighted by Gasteiger charge is -2.20. The number of ether oxygens (including phenoxy) is 1. The summed E-state index contributed by atoms with van der Waals surface area (Å²) < 4.78 is 6.52. The van der Waals surface area contributed by atoms with Crippen LogP contribution in [0.25, 0.3) is 0 Å². The minimum absolute atomic E-state index is 0.176. The van der Waals surface area contributed by atoms with Crippen molar-refractivity contribution in [1.82, 2.24) is 0 Å². The van der Waals surface area contributed by atoms with Gasteiger partial charge in [-0.3, -0.25) is 0 Å². The van der Waals surface area contributed by atoms with E-state index in [0.717, 1.165) is 15.6 Å². The largest absolute Gasteiger partial charge is 0.490 e. The van der Waals surface area contributed by atoms with E-state index in [1.54, 1.807) is 0 Å². The molecule has 2 aromatic rings. The molecule has 2 aromatic carbocycles. The van der Waals surface area contributed by atoms with Crippen LogP contribution in [0.3, 0.4) is 0 Å². The first kappa shape index (κ1) is 16.0. The number of aliphatic hydroxyl groups is 1. The summed E-state index contributed by atoms with van der Waals surface area (Å²) in [5.74, 6) is 0.714. The Morgan fingerprint density at radius 2 is 1.90 bits per heavy atom. The molecule has 0 spiro atoms. The van der Waals surface area contributed by atoms with Crippen molar-refractivity contribution in [2.24, 2.45) is 5.73 Å². The van der Waals surface area contributed by atoms with Crippen LogP contribution in [0.5, 0.6) is 5.75 Å². The molecule has 21 heavy (non-hydrogen) atoms. The van der Waals surface area contributed by atoms with E-state index in [-0.39, 0.29) is 12.6 Å². The monoisotopic (exact) mass is 349 g/mol. The molecule has 0 aliphatic heterocycles. The second-order valence-corrected chi connectivity index (χ2v) is 6.02. The number of benzene rings is 2. The SMILES string of the molecule is Cc1ccc(OCC(O)C(N)Cc2ccccc2)c(Br)c1. The standard InChI is InChI=1S/C17H20BrNO2/c1-12-7-8-17(14(18)9-12)21-11-16(20)15(19)10-13-5-3-2-4-6-13/h2-9,15-16,20H,10-11,19H2,1H3. The average molecular weight is 350 g/mol. The van der Waals surface area contributed by atoms with Crippen LogP contribution in [0, 0.1) is 6.92 Å². The van der Waals surface area contributed by atoms with Gasteiger partial charge in [-0.15, -0.1) is 0 Å². The topological polar surface area (TPSA) is 55.5 Å². The molecule has 2 rings (SSSR count). The summed E-state index contributed by atoms with van der Waals surface area (Å²) in [6, 6.07) is 15.4. The molecule has 112 valence electrons. The predicted octanol–water partition coefficient (Wildman–Crippen LogP) is 3.07. The van der Waals surface area contributed by atoms with Crippen molar-refractivity contribution >= 4 is 15.9 Å². The fourth-order valence-electron chi connectivity index (χ4n) is 2.04. The lowest BCUT2D eigenvalue weighted by atomic mass is 10.0. The number of aryl methyl sites for hydroxylation is 1. The zero-order chi connectivity index (χ0) is 15.2. The van der Waals surface area contributed by atoms with Gasteiger partial charge in [0.25, 0.3) is 0 Å². The molecular weight excluding hydrogens is 330 g/mol. The van der Waals surface area contributed by atoms with E-state index in [0.29, 0.717) is 12.2 Å². The van der Waals surface area contributed by atoms with Crippen molar-refractivity contribution in [3.63, 3.8) is 0 Å². The lowest BCUT2D eigenvalue weighted by molar-refractivity contribution is 0.0848. The van der Waals surface area contributed by atoms with Gasteiger partial charge >= 0.3 is 0 Å². The second kappa shape index (κ2) is 7.59. The van der Waals surface area contributed by atoms with E-state index in [4.69, 9.17) is 10.5 Å². The smallest absolute Gasteiger partial charge is 0.133 e. The van der Waals surface area contributed by atoms with Crippen molar-refractivity contribution < 1.29 is 9.84 Å². The molecule has 0 saturated carbocycles. The minimum atomic E-state index is -0.710. The highest BCUT2D eigenvalue weighted by molar-refractivity contribution is 9.10. The number of rotatable bonds is 6. The highest BCUT2D eigenvalue weighted by Gasteiger charge is 2.16. The fourth-order valence-corrected chi connectivity index (χ4v) is 2.65. The average Bonchev–Trinajstić information content (AvgIpc) is 2.47. The zero-order valence-electron chi connectivity index (χ0n) is 12.0. The Labute approximate surface area is 133 Å². The number of hydrogen-bond donors (Lipinski definition) is 2. The minimum Gasteiger partial charge on any atom is -0.490 e. The van der Waals surface area contributed by atoms with E-state index in [1.807, 2.05) is 55.5 Å². The lowest BCUT2D eigenvalue weighted by Crippen LogP contribution is -2.40. The van der Waals surface area contributed by atoms with Gasteiger partial charge in [0.15, 0.2) is 0 Å². The van der Waals surface area contributed by atoms with Gasteiger partial charge in [-0.25, -0.2) is 0 Å². The van der Waals surface area contributed by atoms with Crippen LogP contribution >= 0.6 is 15.9 Å². The van der Waals surface area contributed by atoms with Crippen LogP contribution < -0.4 is 10.5 Å². The molecule has 0 amide bonds. The van der Waals surface area contributed by atoms with Gasteiger partial charge in [-0.1, -0.05) is 36.4 Å². The van der Waals surface area contributed by atoms with Gasteiger partial charge in [0.05, 0.1) is 4.47 Å². The van der Waals surface area contributed by atoms with Crippen molar-refractivity contribution in [3.8, 4) is 5.75 Å². The molecule has 0 fully saturated rings. The maximum Gasteiger partial charge on any atom is 0.133 e. The molecule has 3 N–H and O–H groups in total. The van der Waals surface area contributed by atoms with E-state index in [2.05, 4.69) is 15.9 Å². The molecule has 3 nitrogen and oxygen atoms in total. The highest BCUT2D eigenvalue weighted by Crippen LogP contribution is 2.25.